The van der Waals surface area contributed by atoms with E-state index in [4.69, 9.17) is 28.4 Å². The molecule has 9 nitrogen and oxygen atoms in total. The van der Waals surface area contributed by atoms with Crippen LogP contribution in [0.3, 0.4) is 0 Å². The lowest BCUT2D eigenvalue weighted by Gasteiger charge is -2.40. The molecule has 2 aliphatic rings. The van der Waals surface area contributed by atoms with E-state index in [1.165, 1.54) is 21.1 Å². The summed E-state index contributed by atoms with van der Waals surface area (Å²) in [6.07, 6.45) is 0.00348. The maximum atomic E-state index is 12.3. The van der Waals surface area contributed by atoms with Crippen molar-refractivity contribution in [2.75, 3.05) is 41.7 Å². The summed E-state index contributed by atoms with van der Waals surface area (Å²) >= 11 is 0. The van der Waals surface area contributed by atoms with E-state index in [0.717, 1.165) is 24.1 Å². The highest BCUT2D eigenvalue weighted by atomic mass is 16.7. The van der Waals surface area contributed by atoms with Gasteiger partial charge in [-0.3, -0.25) is 9.69 Å². The Bertz CT molecular complexity index is 1050. The van der Waals surface area contributed by atoms with Gasteiger partial charge in [0.15, 0.2) is 23.0 Å². The van der Waals surface area contributed by atoms with Gasteiger partial charge in [0.25, 0.3) is 0 Å². The predicted molar refractivity (Wildman–Crippen MR) is 118 cm³/mol. The number of rotatable bonds is 7. The Morgan fingerprint density at radius 2 is 1.94 bits per heavy atom. The van der Waals surface area contributed by atoms with Crippen LogP contribution in [0.4, 0.5) is 0 Å². The van der Waals surface area contributed by atoms with E-state index in [1.807, 2.05) is 13.1 Å². The van der Waals surface area contributed by atoms with Gasteiger partial charge in [0.2, 0.25) is 12.5 Å². The van der Waals surface area contributed by atoms with Crippen LogP contribution in [0.2, 0.25) is 0 Å². The van der Waals surface area contributed by atoms with Crippen LogP contribution in [0.25, 0.3) is 0 Å². The fourth-order valence-electron chi connectivity index (χ4n) is 4.76. The number of hydrogen-bond donors (Lipinski definition) is 1. The highest BCUT2D eigenvalue weighted by Gasteiger charge is 2.41. The third-order valence-electron chi connectivity index (χ3n) is 6.18. The minimum Gasteiger partial charge on any atom is -0.493 e. The second-order valence-corrected chi connectivity index (χ2v) is 7.95. The number of nitrogens with zero attached hydrogens (tertiary/aromatic N) is 1. The van der Waals surface area contributed by atoms with Crippen LogP contribution in [0.5, 0.6) is 28.7 Å². The summed E-state index contributed by atoms with van der Waals surface area (Å²) in [6.45, 7) is 1.88. The second kappa shape index (κ2) is 9.36. The lowest BCUT2D eigenvalue weighted by molar-refractivity contribution is -0.150. The molecule has 2 heterocycles. The minimum absolute atomic E-state index is 0.118. The fraction of sp³-hybridized carbons (Fsp3) is 0.458. The van der Waals surface area contributed by atoms with Gasteiger partial charge in [0.05, 0.1) is 34.0 Å². The third kappa shape index (κ3) is 3.91. The minimum atomic E-state index is -0.761. The molecule has 0 bridgehead atoms. The number of aliphatic hydroxyl groups excluding tert-OH is 1. The molecule has 9 heteroatoms. The van der Waals surface area contributed by atoms with Crippen LogP contribution in [0.15, 0.2) is 18.2 Å². The van der Waals surface area contributed by atoms with Crippen LogP contribution < -0.4 is 23.7 Å². The first-order chi connectivity index (χ1) is 15.9. The molecule has 0 saturated carbocycles. The standard InChI is InChI=1S/C24H29NO8/c1-13(27)33-22(15-6-7-17(28-3)21(29-4)16(15)11-26)20-19-14(8-9-25(20)2)10-18-23(24(19)30-5)32-12-31-18/h6-7,10,20,22,26H,8-9,11-12H2,1-5H3/t20-,22-/m1/s1. The molecule has 2 aromatic carbocycles. The number of carbonyl (C=O) groups is 1. The molecule has 4 rings (SSSR count). The van der Waals surface area contributed by atoms with Crippen LogP contribution in [0, 0.1) is 0 Å². The van der Waals surface area contributed by atoms with Crippen LogP contribution in [-0.2, 0) is 22.6 Å². The molecule has 0 amide bonds. The van der Waals surface area contributed by atoms with Crippen molar-refractivity contribution >= 4 is 5.97 Å². The number of esters is 1. The molecule has 33 heavy (non-hydrogen) atoms. The molecule has 0 spiro atoms. The molecule has 0 unspecified atom stereocenters. The van der Waals surface area contributed by atoms with E-state index >= 15 is 0 Å². The largest absolute Gasteiger partial charge is 0.493 e. The fourth-order valence-corrected chi connectivity index (χ4v) is 4.76. The zero-order valence-corrected chi connectivity index (χ0v) is 19.5. The topological polar surface area (TPSA) is 95.9 Å². The maximum absolute atomic E-state index is 12.3. The average Bonchev–Trinajstić information content (AvgIpc) is 3.28. The molecular formula is C24H29NO8. The van der Waals surface area contributed by atoms with Crippen molar-refractivity contribution in [2.24, 2.45) is 0 Å². The van der Waals surface area contributed by atoms with Crippen molar-refractivity contribution in [1.29, 1.82) is 0 Å². The van der Waals surface area contributed by atoms with Crippen molar-refractivity contribution in [3.63, 3.8) is 0 Å². The SMILES string of the molecule is COc1ccc([C@@H](OC(C)=O)[C@H]2c3c(cc4c(c3OC)OCO4)CCN2C)c(CO)c1OC. The summed E-state index contributed by atoms with van der Waals surface area (Å²) in [5, 5.41) is 10.3. The van der Waals surface area contributed by atoms with Crippen molar-refractivity contribution in [3.05, 3.63) is 40.5 Å². The Hall–Kier alpha value is -3.17. The summed E-state index contributed by atoms with van der Waals surface area (Å²) in [5.41, 5.74) is 3.00. The maximum Gasteiger partial charge on any atom is 0.303 e. The first-order valence-corrected chi connectivity index (χ1v) is 10.7. The van der Waals surface area contributed by atoms with Gasteiger partial charge in [-0.25, -0.2) is 0 Å². The Morgan fingerprint density at radius 3 is 2.58 bits per heavy atom. The number of aliphatic hydroxyl groups is 1. The summed E-state index contributed by atoms with van der Waals surface area (Å²) < 4.78 is 34.0. The summed E-state index contributed by atoms with van der Waals surface area (Å²) in [7, 11) is 6.58. The van der Waals surface area contributed by atoms with E-state index in [0.29, 0.717) is 39.9 Å². The monoisotopic (exact) mass is 459 g/mol. The Kier molecular flexibility index (Phi) is 6.53. The molecule has 0 radical (unpaired) electrons. The van der Waals surface area contributed by atoms with Gasteiger partial charge in [0, 0.05) is 30.2 Å². The molecule has 1 N–H and O–H groups in total. The lowest BCUT2D eigenvalue weighted by Crippen LogP contribution is -2.38. The second-order valence-electron chi connectivity index (χ2n) is 7.95. The molecule has 0 aromatic heterocycles. The number of methoxy groups -OCH3 is 3. The first-order valence-electron chi connectivity index (χ1n) is 10.7. The molecule has 178 valence electrons. The van der Waals surface area contributed by atoms with Crippen LogP contribution >= 0.6 is 0 Å². The van der Waals surface area contributed by atoms with Gasteiger partial charge in [-0.15, -0.1) is 0 Å². The van der Waals surface area contributed by atoms with E-state index in [2.05, 4.69) is 4.90 Å². The molecule has 2 aliphatic heterocycles. The number of benzene rings is 2. The number of carbonyl (C=O) groups excluding carboxylic acids is 1. The van der Waals surface area contributed by atoms with Gasteiger partial charge >= 0.3 is 5.97 Å². The molecule has 0 aliphatic carbocycles. The average molecular weight is 459 g/mol. The van der Waals surface area contributed by atoms with Crippen molar-refractivity contribution < 1.29 is 38.3 Å². The van der Waals surface area contributed by atoms with Crippen molar-refractivity contribution in [1.82, 2.24) is 4.90 Å². The van der Waals surface area contributed by atoms with Gasteiger partial charge in [-0.05, 0) is 31.2 Å². The van der Waals surface area contributed by atoms with E-state index < -0.39 is 18.1 Å². The quantitative estimate of drug-likeness (QED) is 0.627. The summed E-state index contributed by atoms with van der Waals surface area (Å²) in [4.78, 5) is 14.4. The summed E-state index contributed by atoms with van der Waals surface area (Å²) in [5.74, 6) is 2.16. The lowest BCUT2D eigenvalue weighted by atomic mass is 9.84. The molecule has 0 saturated heterocycles. The highest BCUT2D eigenvalue weighted by molar-refractivity contribution is 5.67. The normalized spacial score (nSPS) is 17.8. The third-order valence-corrected chi connectivity index (χ3v) is 6.18. The zero-order chi connectivity index (χ0) is 23.7. The Balaban J connectivity index is 1.95. The molecule has 2 atom stereocenters. The molecule has 0 fully saturated rings. The number of fused-ring (bicyclic) bond motifs is 2. The van der Waals surface area contributed by atoms with Gasteiger partial charge in [-0.2, -0.15) is 0 Å². The van der Waals surface area contributed by atoms with Crippen LogP contribution in [0.1, 0.15) is 41.3 Å². The zero-order valence-electron chi connectivity index (χ0n) is 19.5. The summed E-state index contributed by atoms with van der Waals surface area (Å²) in [6, 6.07) is 5.09. The Morgan fingerprint density at radius 1 is 1.18 bits per heavy atom. The Labute approximate surface area is 192 Å². The van der Waals surface area contributed by atoms with Crippen molar-refractivity contribution in [2.45, 2.75) is 32.1 Å². The van der Waals surface area contributed by atoms with Gasteiger partial charge < -0.3 is 33.5 Å². The number of ether oxygens (including phenoxy) is 6. The smallest absolute Gasteiger partial charge is 0.303 e. The number of hydrogen-bond acceptors (Lipinski definition) is 9. The van der Waals surface area contributed by atoms with Gasteiger partial charge in [-0.1, -0.05) is 6.07 Å². The van der Waals surface area contributed by atoms with E-state index in [-0.39, 0.29) is 13.4 Å². The van der Waals surface area contributed by atoms with E-state index in [9.17, 15) is 9.90 Å². The molecule has 2 aromatic rings. The predicted octanol–water partition coefficient (Wildman–Crippen LogP) is 2.77. The first kappa shape index (κ1) is 23.0. The molecular weight excluding hydrogens is 430 g/mol. The number of likely N-dealkylation sites (N-methyl/N-ethyl adjacent to an activating group) is 1. The van der Waals surface area contributed by atoms with Crippen molar-refractivity contribution in [3.8, 4) is 28.7 Å². The van der Waals surface area contributed by atoms with Crippen LogP contribution in [-0.4, -0.2) is 57.7 Å². The van der Waals surface area contributed by atoms with E-state index in [1.54, 1.807) is 19.2 Å². The van der Waals surface area contributed by atoms with Gasteiger partial charge in [0.1, 0.15) is 6.10 Å². The highest BCUT2D eigenvalue weighted by Crippen LogP contribution is 2.53.